The van der Waals surface area contributed by atoms with Crippen LogP contribution in [0.4, 0.5) is 4.79 Å². The maximum atomic E-state index is 12.6. The van der Waals surface area contributed by atoms with Gasteiger partial charge in [-0.05, 0) is 18.6 Å². The van der Waals surface area contributed by atoms with Crippen molar-refractivity contribution in [2.75, 3.05) is 13.6 Å². The van der Waals surface area contributed by atoms with E-state index in [-0.39, 0.29) is 24.3 Å². The van der Waals surface area contributed by atoms with E-state index in [0.717, 1.165) is 12.3 Å². The maximum Gasteiger partial charge on any atom is 0.327 e. The van der Waals surface area contributed by atoms with E-state index in [1.165, 1.54) is 0 Å². The van der Waals surface area contributed by atoms with Gasteiger partial charge in [-0.15, -0.1) is 0 Å². The highest BCUT2D eigenvalue weighted by Gasteiger charge is 2.49. The number of amides is 2. The second-order valence-corrected chi connectivity index (χ2v) is 7.54. The Kier molecular flexibility index (Phi) is 4.09. The second-order valence-electron chi connectivity index (χ2n) is 6.32. The SMILES string of the molecule is CCC1CN2C(=O)N(C)C3N=C(c4cc(Cl)cc(Cl)c4Cl)NC3C2=N1. The summed E-state index contributed by atoms with van der Waals surface area (Å²) < 4.78 is 0. The largest absolute Gasteiger partial charge is 0.356 e. The van der Waals surface area contributed by atoms with Crippen LogP contribution in [0.15, 0.2) is 22.1 Å². The number of aliphatic imine (C=N–C) groups is 2. The van der Waals surface area contributed by atoms with E-state index in [0.29, 0.717) is 33.0 Å². The number of amidine groups is 2. The van der Waals surface area contributed by atoms with Crippen molar-refractivity contribution in [1.29, 1.82) is 0 Å². The summed E-state index contributed by atoms with van der Waals surface area (Å²) in [5, 5.41) is 4.56. The average molecular weight is 401 g/mol. The molecule has 132 valence electrons. The van der Waals surface area contributed by atoms with E-state index < -0.39 is 0 Å². The molecule has 1 N–H and O–H groups in total. The van der Waals surface area contributed by atoms with Gasteiger partial charge < -0.3 is 10.2 Å². The Morgan fingerprint density at radius 2 is 2.04 bits per heavy atom. The smallest absolute Gasteiger partial charge is 0.327 e. The number of urea groups is 1. The number of nitrogens with one attached hydrogen (secondary N) is 1. The summed E-state index contributed by atoms with van der Waals surface area (Å²) in [4.78, 5) is 25.4. The molecule has 3 unspecified atom stereocenters. The minimum atomic E-state index is -0.373. The van der Waals surface area contributed by atoms with Gasteiger partial charge in [-0.2, -0.15) is 0 Å². The van der Waals surface area contributed by atoms with Crippen LogP contribution in [-0.4, -0.2) is 59.3 Å². The normalized spacial score (nSPS) is 27.7. The van der Waals surface area contributed by atoms with Crippen LogP contribution in [0.25, 0.3) is 0 Å². The molecule has 0 aromatic heterocycles. The molecule has 1 saturated heterocycles. The van der Waals surface area contributed by atoms with Gasteiger partial charge in [0.15, 0.2) is 6.17 Å². The van der Waals surface area contributed by atoms with E-state index in [2.05, 4.69) is 17.2 Å². The molecular formula is C16H16Cl3N5O. The van der Waals surface area contributed by atoms with E-state index in [1.807, 2.05) is 0 Å². The summed E-state index contributed by atoms with van der Waals surface area (Å²) in [6.07, 6.45) is 0.514. The number of likely N-dealkylation sites (N-methyl/N-ethyl adjacent to an activating group) is 1. The molecule has 1 aromatic carbocycles. The number of carbonyl (C=O) groups is 1. The van der Waals surface area contributed by atoms with Crippen LogP contribution in [0.1, 0.15) is 18.9 Å². The van der Waals surface area contributed by atoms with Crippen molar-refractivity contribution in [3.63, 3.8) is 0 Å². The number of benzene rings is 1. The monoisotopic (exact) mass is 399 g/mol. The van der Waals surface area contributed by atoms with Crippen LogP contribution >= 0.6 is 34.8 Å². The molecule has 6 nitrogen and oxygen atoms in total. The van der Waals surface area contributed by atoms with Crippen molar-refractivity contribution in [2.45, 2.75) is 31.6 Å². The Balaban J connectivity index is 1.74. The molecule has 0 aliphatic carbocycles. The van der Waals surface area contributed by atoms with Crippen molar-refractivity contribution < 1.29 is 4.79 Å². The van der Waals surface area contributed by atoms with Crippen molar-refractivity contribution in [1.82, 2.24) is 15.1 Å². The first-order valence-electron chi connectivity index (χ1n) is 8.02. The highest BCUT2D eigenvalue weighted by Crippen LogP contribution is 2.33. The number of fused-ring (bicyclic) bond motifs is 3. The van der Waals surface area contributed by atoms with Gasteiger partial charge in [-0.1, -0.05) is 41.7 Å². The number of halogens is 3. The second kappa shape index (κ2) is 6.04. The van der Waals surface area contributed by atoms with Gasteiger partial charge in [-0.3, -0.25) is 9.89 Å². The number of nitrogens with zero attached hydrogens (tertiary/aromatic N) is 4. The summed E-state index contributed by atoms with van der Waals surface area (Å²) in [5.41, 5.74) is 0.617. The minimum absolute atomic E-state index is 0.0852. The van der Waals surface area contributed by atoms with Gasteiger partial charge in [0.1, 0.15) is 17.7 Å². The minimum Gasteiger partial charge on any atom is -0.356 e. The van der Waals surface area contributed by atoms with Gasteiger partial charge in [0.2, 0.25) is 0 Å². The summed E-state index contributed by atoms with van der Waals surface area (Å²) in [7, 11) is 1.75. The molecule has 2 amide bonds. The van der Waals surface area contributed by atoms with Crippen LogP contribution in [0.3, 0.4) is 0 Å². The van der Waals surface area contributed by atoms with Gasteiger partial charge in [-0.25, -0.2) is 9.79 Å². The third-order valence-corrected chi connectivity index (χ3v) is 5.78. The molecule has 1 fully saturated rings. The van der Waals surface area contributed by atoms with Crippen molar-refractivity contribution >= 4 is 52.5 Å². The van der Waals surface area contributed by atoms with Crippen LogP contribution < -0.4 is 5.32 Å². The Bertz CT molecular complexity index is 824. The van der Waals surface area contributed by atoms with Crippen molar-refractivity contribution in [3.8, 4) is 0 Å². The molecule has 9 heteroatoms. The van der Waals surface area contributed by atoms with E-state index in [4.69, 9.17) is 39.8 Å². The molecule has 0 saturated carbocycles. The molecule has 3 aliphatic rings. The van der Waals surface area contributed by atoms with Gasteiger partial charge >= 0.3 is 6.03 Å². The van der Waals surface area contributed by atoms with Crippen LogP contribution in [0, 0.1) is 0 Å². The Labute approximate surface area is 160 Å². The topological polar surface area (TPSA) is 60.3 Å². The fraction of sp³-hybridized carbons (Fsp3) is 0.438. The Morgan fingerprint density at radius 3 is 2.76 bits per heavy atom. The van der Waals surface area contributed by atoms with E-state index in [1.54, 1.807) is 29.0 Å². The predicted octanol–water partition coefficient (Wildman–Crippen LogP) is 3.25. The standard InChI is InChI=1S/C16H16Cl3N5O/c1-3-8-6-24-15(20-8)12-14(23(2)16(24)25)22-13(21-12)9-4-7(17)5-10(18)11(9)19/h4-5,8,12,14H,3,6H2,1-2H3,(H,21,22). The molecule has 3 heterocycles. The zero-order chi connectivity index (χ0) is 17.9. The lowest BCUT2D eigenvalue weighted by atomic mass is 10.1. The average Bonchev–Trinajstić information content (AvgIpc) is 3.20. The molecule has 0 spiro atoms. The van der Waals surface area contributed by atoms with Crippen molar-refractivity contribution in [3.05, 3.63) is 32.8 Å². The molecular weight excluding hydrogens is 385 g/mol. The molecule has 0 bridgehead atoms. The van der Waals surface area contributed by atoms with Gasteiger partial charge in [0, 0.05) is 17.6 Å². The highest BCUT2D eigenvalue weighted by atomic mass is 35.5. The molecule has 25 heavy (non-hydrogen) atoms. The summed E-state index contributed by atoms with van der Waals surface area (Å²) in [6.45, 7) is 2.68. The Morgan fingerprint density at radius 1 is 1.28 bits per heavy atom. The first-order valence-corrected chi connectivity index (χ1v) is 9.15. The molecule has 3 atom stereocenters. The van der Waals surface area contributed by atoms with Gasteiger partial charge in [0.25, 0.3) is 0 Å². The molecule has 3 aliphatic heterocycles. The maximum absolute atomic E-state index is 12.6. The molecule has 1 aromatic rings. The number of rotatable bonds is 2. The lowest BCUT2D eigenvalue weighted by molar-refractivity contribution is 0.155. The molecule has 4 rings (SSSR count). The predicted molar refractivity (Wildman–Crippen MR) is 100 cm³/mol. The first-order chi connectivity index (χ1) is 11.9. The van der Waals surface area contributed by atoms with Crippen LogP contribution in [0.2, 0.25) is 15.1 Å². The third kappa shape index (κ3) is 2.58. The summed E-state index contributed by atoms with van der Waals surface area (Å²) in [6, 6.07) is 3.13. The lowest BCUT2D eigenvalue weighted by Crippen LogP contribution is -2.63. The first kappa shape index (κ1) is 16.9. The van der Waals surface area contributed by atoms with E-state index >= 15 is 0 Å². The highest BCUT2D eigenvalue weighted by molar-refractivity contribution is 6.45. The molecule has 0 radical (unpaired) electrons. The fourth-order valence-electron chi connectivity index (χ4n) is 3.40. The zero-order valence-electron chi connectivity index (χ0n) is 13.6. The number of carbonyl (C=O) groups excluding carboxylic acids is 1. The van der Waals surface area contributed by atoms with Gasteiger partial charge in [0.05, 0.1) is 22.6 Å². The summed E-state index contributed by atoms with van der Waals surface area (Å²) in [5.74, 6) is 1.30. The number of hydrogen-bond acceptors (Lipinski definition) is 4. The lowest BCUT2D eigenvalue weighted by Gasteiger charge is -2.38. The fourth-order valence-corrected chi connectivity index (χ4v) is 4.09. The third-order valence-electron chi connectivity index (χ3n) is 4.76. The zero-order valence-corrected chi connectivity index (χ0v) is 15.9. The Hall–Kier alpha value is -1.50. The van der Waals surface area contributed by atoms with Crippen LogP contribution in [0.5, 0.6) is 0 Å². The van der Waals surface area contributed by atoms with Crippen molar-refractivity contribution in [2.24, 2.45) is 9.98 Å². The van der Waals surface area contributed by atoms with Crippen LogP contribution in [-0.2, 0) is 0 Å². The van der Waals surface area contributed by atoms with E-state index in [9.17, 15) is 4.79 Å². The number of hydrogen-bond donors (Lipinski definition) is 1. The quantitative estimate of drug-likeness (QED) is 0.775. The summed E-state index contributed by atoms with van der Waals surface area (Å²) >= 11 is 18.6.